The van der Waals surface area contributed by atoms with Gasteiger partial charge < -0.3 is 27.3 Å². The zero-order chi connectivity index (χ0) is 23.0. The third kappa shape index (κ3) is 3.85. The summed E-state index contributed by atoms with van der Waals surface area (Å²) in [5.74, 6) is -2.01. The zero-order valence-corrected chi connectivity index (χ0v) is 17.0. The predicted octanol–water partition coefficient (Wildman–Crippen LogP) is 1.37. The minimum absolute atomic E-state index is 0.0572. The minimum Gasteiger partial charge on any atom is -0.397 e. The van der Waals surface area contributed by atoms with Crippen LogP contribution in [0.4, 0.5) is 4.39 Å². The maximum Gasteiger partial charge on any atom is 0.254 e. The van der Waals surface area contributed by atoms with Gasteiger partial charge >= 0.3 is 0 Å². The SMILES string of the molecule is NC(=O)/C(C(N)=NC1CC(O)C1)=C(/N)c1ccc2c(=O)cc(-c3ccccc3)[nH]c2c1F. The molecule has 1 fully saturated rings. The second kappa shape index (κ2) is 8.27. The number of nitrogens with one attached hydrogen (secondary N) is 1. The topological polar surface area (TPSA) is 161 Å². The molecular weight excluding hydrogens is 413 g/mol. The fourth-order valence-corrected chi connectivity index (χ4v) is 3.72. The lowest BCUT2D eigenvalue weighted by atomic mass is 9.90. The van der Waals surface area contributed by atoms with Crippen molar-refractivity contribution in [3.8, 4) is 11.3 Å². The molecule has 3 aromatic rings. The number of nitrogens with zero attached hydrogens (tertiary/aromatic N) is 1. The normalized spacial score (nSPS) is 19.4. The number of aromatic nitrogens is 1. The number of aromatic amines is 1. The Hall–Kier alpha value is -3.98. The smallest absolute Gasteiger partial charge is 0.254 e. The van der Waals surface area contributed by atoms with Crippen LogP contribution in [0.25, 0.3) is 27.9 Å². The first kappa shape index (κ1) is 21.3. The van der Waals surface area contributed by atoms with Gasteiger partial charge in [0.05, 0.1) is 23.4 Å². The number of halogens is 1. The van der Waals surface area contributed by atoms with Crippen LogP contribution in [-0.4, -0.2) is 34.0 Å². The lowest BCUT2D eigenvalue weighted by Gasteiger charge is -2.28. The van der Waals surface area contributed by atoms with Gasteiger partial charge in [-0.15, -0.1) is 0 Å². The average molecular weight is 435 g/mol. The second-order valence-electron chi connectivity index (χ2n) is 7.71. The fourth-order valence-electron chi connectivity index (χ4n) is 3.72. The number of amides is 1. The molecule has 1 aromatic heterocycles. The Labute approximate surface area is 182 Å². The van der Waals surface area contributed by atoms with Crippen LogP contribution in [0.2, 0.25) is 0 Å². The number of fused-ring (bicyclic) bond motifs is 1. The Bertz CT molecular complexity index is 1320. The van der Waals surface area contributed by atoms with Crippen LogP contribution in [0, 0.1) is 5.82 Å². The summed E-state index contributed by atoms with van der Waals surface area (Å²) in [6, 6.07) is 12.8. The number of primary amides is 1. The lowest BCUT2D eigenvalue weighted by Crippen LogP contribution is -2.36. The fraction of sp³-hybridized carbons (Fsp3) is 0.174. The molecule has 1 aliphatic carbocycles. The van der Waals surface area contributed by atoms with Crippen LogP contribution in [0.5, 0.6) is 0 Å². The van der Waals surface area contributed by atoms with Crippen LogP contribution < -0.4 is 22.6 Å². The van der Waals surface area contributed by atoms with Gasteiger partial charge in [-0.1, -0.05) is 30.3 Å². The molecule has 1 aliphatic rings. The first-order valence-electron chi connectivity index (χ1n) is 9.98. The van der Waals surface area contributed by atoms with Gasteiger partial charge in [-0.05, 0) is 30.5 Å². The number of aliphatic hydroxyl groups excluding tert-OH is 1. The highest BCUT2D eigenvalue weighted by Crippen LogP contribution is 2.27. The van der Waals surface area contributed by atoms with E-state index in [1.165, 1.54) is 18.2 Å². The van der Waals surface area contributed by atoms with Crippen LogP contribution in [0.15, 0.2) is 63.9 Å². The van der Waals surface area contributed by atoms with Crippen LogP contribution >= 0.6 is 0 Å². The summed E-state index contributed by atoms with van der Waals surface area (Å²) in [4.78, 5) is 31.8. The van der Waals surface area contributed by atoms with Gasteiger partial charge in [0.25, 0.3) is 5.91 Å². The van der Waals surface area contributed by atoms with Crippen molar-refractivity contribution in [3.05, 3.63) is 75.7 Å². The molecule has 1 saturated carbocycles. The van der Waals surface area contributed by atoms with Crippen molar-refractivity contribution >= 4 is 28.3 Å². The molecule has 0 bridgehead atoms. The number of aliphatic hydroxyl groups is 1. The second-order valence-corrected chi connectivity index (χ2v) is 7.71. The van der Waals surface area contributed by atoms with E-state index < -0.39 is 17.8 Å². The standard InChI is InChI=1S/C23H22FN5O3/c24-19-15(20(25)18(23(27)32)22(26)28-12-8-13(30)9-12)7-6-14-17(31)10-16(29-21(14)19)11-4-2-1-3-5-11/h1-7,10,12-13,30H,8-9,25H2,(H2,26,28)(H2,27,32)(H,29,31)/b20-18+. The molecule has 32 heavy (non-hydrogen) atoms. The third-order valence-corrected chi connectivity index (χ3v) is 5.50. The van der Waals surface area contributed by atoms with E-state index >= 15 is 4.39 Å². The Balaban J connectivity index is 1.86. The molecule has 8 N–H and O–H groups in total. The number of amidine groups is 1. The third-order valence-electron chi connectivity index (χ3n) is 5.50. The number of hydrogen-bond acceptors (Lipinski definition) is 5. The van der Waals surface area contributed by atoms with Gasteiger partial charge in [0.2, 0.25) is 0 Å². The molecule has 0 radical (unpaired) electrons. The maximum absolute atomic E-state index is 15.5. The van der Waals surface area contributed by atoms with Gasteiger partial charge in [0.15, 0.2) is 11.2 Å². The van der Waals surface area contributed by atoms with E-state index in [2.05, 4.69) is 9.98 Å². The van der Waals surface area contributed by atoms with Gasteiger partial charge in [0, 0.05) is 22.7 Å². The van der Waals surface area contributed by atoms with Crippen molar-refractivity contribution in [2.75, 3.05) is 0 Å². The van der Waals surface area contributed by atoms with E-state index in [9.17, 15) is 14.7 Å². The molecule has 164 valence electrons. The number of rotatable bonds is 5. The molecule has 0 spiro atoms. The molecular formula is C23H22FN5O3. The molecule has 1 amide bonds. The van der Waals surface area contributed by atoms with E-state index in [0.717, 1.165) is 0 Å². The van der Waals surface area contributed by atoms with E-state index in [1.54, 1.807) is 24.3 Å². The van der Waals surface area contributed by atoms with Crippen LogP contribution in [0.3, 0.4) is 0 Å². The highest BCUT2D eigenvalue weighted by atomic mass is 19.1. The van der Waals surface area contributed by atoms with Crippen molar-refractivity contribution in [3.63, 3.8) is 0 Å². The van der Waals surface area contributed by atoms with Gasteiger partial charge in [0.1, 0.15) is 11.4 Å². The highest BCUT2D eigenvalue weighted by Gasteiger charge is 2.28. The number of nitrogens with two attached hydrogens (primary N) is 3. The Morgan fingerprint density at radius 1 is 1.09 bits per heavy atom. The number of aliphatic imine (C=N–C) groups is 1. The van der Waals surface area contributed by atoms with Crippen molar-refractivity contribution in [1.29, 1.82) is 0 Å². The Morgan fingerprint density at radius 2 is 1.78 bits per heavy atom. The van der Waals surface area contributed by atoms with Gasteiger partial charge in [-0.2, -0.15) is 0 Å². The molecule has 2 aromatic carbocycles. The monoisotopic (exact) mass is 435 g/mol. The average Bonchev–Trinajstić information content (AvgIpc) is 2.73. The molecule has 8 nitrogen and oxygen atoms in total. The first-order chi connectivity index (χ1) is 15.3. The molecule has 0 aliphatic heterocycles. The quantitative estimate of drug-likeness (QED) is 0.232. The summed E-state index contributed by atoms with van der Waals surface area (Å²) in [5, 5.41) is 9.54. The largest absolute Gasteiger partial charge is 0.397 e. The highest BCUT2D eigenvalue weighted by molar-refractivity contribution is 6.24. The Morgan fingerprint density at radius 3 is 2.41 bits per heavy atom. The number of hydrogen-bond donors (Lipinski definition) is 5. The molecule has 1 heterocycles. The first-order valence-corrected chi connectivity index (χ1v) is 9.98. The van der Waals surface area contributed by atoms with E-state index in [4.69, 9.17) is 17.2 Å². The number of carbonyl (C=O) groups excluding carboxylic acids is 1. The predicted molar refractivity (Wildman–Crippen MR) is 121 cm³/mol. The van der Waals surface area contributed by atoms with E-state index in [-0.39, 0.29) is 45.0 Å². The van der Waals surface area contributed by atoms with Crippen molar-refractivity contribution in [1.82, 2.24) is 4.98 Å². The molecule has 4 rings (SSSR count). The molecule has 9 heteroatoms. The Kier molecular flexibility index (Phi) is 5.50. The van der Waals surface area contributed by atoms with Crippen molar-refractivity contribution in [2.24, 2.45) is 22.2 Å². The number of carbonyl (C=O) groups is 1. The summed E-state index contributed by atoms with van der Waals surface area (Å²) in [5.41, 5.74) is 17.5. The van der Waals surface area contributed by atoms with E-state index in [1.807, 2.05) is 6.07 Å². The van der Waals surface area contributed by atoms with Gasteiger partial charge in [-0.3, -0.25) is 14.6 Å². The number of H-pyrrole nitrogens is 1. The molecule has 0 saturated heterocycles. The summed E-state index contributed by atoms with van der Waals surface area (Å²) < 4.78 is 15.5. The maximum atomic E-state index is 15.5. The zero-order valence-electron chi connectivity index (χ0n) is 17.0. The summed E-state index contributed by atoms with van der Waals surface area (Å²) >= 11 is 0. The number of benzene rings is 2. The van der Waals surface area contributed by atoms with E-state index in [0.29, 0.717) is 24.1 Å². The van der Waals surface area contributed by atoms with Gasteiger partial charge in [-0.25, -0.2) is 4.39 Å². The number of pyridine rings is 1. The summed E-state index contributed by atoms with van der Waals surface area (Å²) in [7, 11) is 0. The van der Waals surface area contributed by atoms with Crippen molar-refractivity contribution < 1.29 is 14.3 Å². The molecule has 0 unspecified atom stereocenters. The van der Waals surface area contributed by atoms with Crippen molar-refractivity contribution in [2.45, 2.75) is 25.0 Å². The van der Waals surface area contributed by atoms with Crippen LogP contribution in [0.1, 0.15) is 18.4 Å². The lowest BCUT2D eigenvalue weighted by molar-refractivity contribution is -0.114. The minimum atomic E-state index is -0.963. The van der Waals surface area contributed by atoms with Crippen LogP contribution in [-0.2, 0) is 4.79 Å². The summed E-state index contributed by atoms with van der Waals surface area (Å²) in [6.07, 6.45) is 0.338. The summed E-state index contributed by atoms with van der Waals surface area (Å²) in [6.45, 7) is 0. The molecule has 0 atom stereocenters.